The van der Waals surface area contributed by atoms with Crippen molar-refractivity contribution in [2.24, 2.45) is 0 Å². The zero-order valence-electron chi connectivity index (χ0n) is 11.4. The summed E-state index contributed by atoms with van der Waals surface area (Å²) in [5.41, 5.74) is 4.01. The average Bonchev–Trinajstić information content (AvgIpc) is 2.84. The minimum atomic E-state index is -0.952. The van der Waals surface area contributed by atoms with E-state index in [-0.39, 0.29) is 5.56 Å². The molecule has 2 heterocycles. The van der Waals surface area contributed by atoms with Gasteiger partial charge in [0.2, 0.25) is 0 Å². The summed E-state index contributed by atoms with van der Waals surface area (Å²) >= 11 is 0. The number of benzene rings is 1. The summed E-state index contributed by atoms with van der Waals surface area (Å²) in [4.78, 5) is 13.5. The normalized spacial score (nSPS) is 13.4. The zero-order chi connectivity index (χ0) is 14.3. The van der Waals surface area contributed by atoms with Gasteiger partial charge in [-0.3, -0.25) is 0 Å². The van der Waals surface area contributed by atoms with Crippen molar-refractivity contribution >= 4 is 11.8 Å². The van der Waals surface area contributed by atoms with Crippen molar-refractivity contribution in [3.05, 3.63) is 52.2 Å². The molecule has 5 heteroatoms. The largest absolute Gasteiger partial charge is 0.478 e. The average molecular weight is 269 g/mol. The van der Waals surface area contributed by atoms with Gasteiger partial charge in [-0.1, -0.05) is 24.3 Å². The maximum absolute atomic E-state index is 11.5. The van der Waals surface area contributed by atoms with Crippen molar-refractivity contribution < 1.29 is 9.90 Å². The highest BCUT2D eigenvalue weighted by Crippen LogP contribution is 2.30. The SMILES string of the molecule is Cc1nnc(N2Cc3ccccc3C2)c(C(=O)O)c1C. The molecule has 20 heavy (non-hydrogen) atoms. The second-order valence-corrected chi connectivity index (χ2v) is 5.04. The molecular formula is C15H15N3O2. The molecule has 2 aromatic rings. The second-order valence-electron chi connectivity index (χ2n) is 5.04. The van der Waals surface area contributed by atoms with Crippen LogP contribution in [0.1, 0.15) is 32.7 Å². The van der Waals surface area contributed by atoms with Crippen LogP contribution in [0.4, 0.5) is 5.82 Å². The lowest BCUT2D eigenvalue weighted by molar-refractivity contribution is 0.0696. The van der Waals surface area contributed by atoms with Gasteiger partial charge in [-0.15, -0.1) is 5.10 Å². The van der Waals surface area contributed by atoms with E-state index in [2.05, 4.69) is 22.3 Å². The van der Waals surface area contributed by atoms with Gasteiger partial charge < -0.3 is 10.0 Å². The summed E-state index contributed by atoms with van der Waals surface area (Å²) in [5.74, 6) is -0.497. The molecule has 0 saturated carbocycles. The number of carboxylic acids is 1. The zero-order valence-corrected chi connectivity index (χ0v) is 11.4. The lowest BCUT2D eigenvalue weighted by Gasteiger charge is -2.19. The fraction of sp³-hybridized carbons (Fsp3) is 0.267. The maximum atomic E-state index is 11.5. The Morgan fingerprint density at radius 1 is 1.15 bits per heavy atom. The Balaban J connectivity index is 2.05. The molecule has 0 bridgehead atoms. The van der Waals surface area contributed by atoms with Gasteiger partial charge in [-0.05, 0) is 30.5 Å². The quantitative estimate of drug-likeness (QED) is 0.906. The van der Waals surface area contributed by atoms with Crippen molar-refractivity contribution in [2.75, 3.05) is 4.90 Å². The number of fused-ring (bicyclic) bond motifs is 1. The molecule has 0 fully saturated rings. The predicted molar refractivity (Wildman–Crippen MR) is 74.8 cm³/mol. The third kappa shape index (κ3) is 1.91. The molecule has 0 unspecified atom stereocenters. The molecule has 0 aliphatic carbocycles. The highest BCUT2D eigenvalue weighted by atomic mass is 16.4. The van der Waals surface area contributed by atoms with E-state index in [9.17, 15) is 9.90 Å². The first-order chi connectivity index (χ1) is 9.58. The fourth-order valence-corrected chi connectivity index (χ4v) is 2.56. The summed E-state index contributed by atoms with van der Waals surface area (Å²) in [6.07, 6.45) is 0. The first-order valence-electron chi connectivity index (χ1n) is 6.47. The van der Waals surface area contributed by atoms with Crippen molar-refractivity contribution in [3.8, 4) is 0 Å². The van der Waals surface area contributed by atoms with Crippen LogP contribution in [0, 0.1) is 13.8 Å². The van der Waals surface area contributed by atoms with Crippen LogP contribution in [0.3, 0.4) is 0 Å². The fourth-order valence-electron chi connectivity index (χ4n) is 2.56. The van der Waals surface area contributed by atoms with Crippen LogP contribution in [-0.2, 0) is 13.1 Å². The van der Waals surface area contributed by atoms with Crippen LogP contribution in [0.5, 0.6) is 0 Å². The molecule has 0 amide bonds. The van der Waals surface area contributed by atoms with E-state index in [1.807, 2.05) is 17.0 Å². The van der Waals surface area contributed by atoms with E-state index in [4.69, 9.17) is 0 Å². The van der Waals surface area contributed by atoms with Crippen molar-refractivity contribution in [2.45, 2.75) is 26.9 Å². The van der Waals surface area contributed by atoms with Gasteiger partial charge in [-0.25, -0.2) is 4.79 Å². The Morgan fingerprint density at radius 3 is 2.30 bits per heavy atom. The topological polar surface area (TPSA) is 66.3 Å². The molecule has 1 aliphatic heterocycles. The Labute approximate surface area is 116 Å². The van der Waals surface area contributed by atoms with Gasteiger partial charge in [-0.2, -0.15) is 5.10 Å². The van der Waals surface area contributed by atoms with Crippen LogP contribution >= 0.6 is 0 Å². The smallest absolute Gasteiger partial charge is 0.339 e. The Morgan fingerprint density at radius 2 is 1.75 bits per heavy atom. The number of anilines is 1. The van der Waals surface area contributed by atoms with Crippen LogP contribution < -0.4 is 4.90 Å². The lowest BCUT2D eigenvalue weighted by atomic mass is 10.1. The van der Waals surface area contributed by atoms with Crippen LogP contribution in [0.25, 0.3) is 0 Å². The number of aryl methyl sites for hydroxylation is 1. The van der Waals surface area contributed by atoms with Gasteiger partial charge in [0, 0.05) is 13.1 Å². The number of aromatic nitrogens is 2. The number of carbonyl (C=O) groups is 1. The van der Waals surface area contributed by atoms with Crippen molar-refractivity contribution in [1.82, 2.24) is 10.2 Å². The molecule has 1 aromatic carbocycles. The first kappa shape index (κ1) is 12.6. The second kappa shape index (κ2) is 4.59. The molecular weight excluding hydrogens is 254 g/mol. The summed E-state index contributed by atoms with van der Waals surface area (Å²) in [5, 5.41) is 17.6. The summed E-state index contributed by atoms with van der Waals surface area (Å²) in [6.45, 7) is 4.90. The molecule has 102 valence electrons. The molecule has 1 aliphatic rings. The molecule has 0 atom stereocenters. The Bertz CT molecular complexity index is 673. The molecule has 0 saturated heterocycles. The highest BCUT2D eigenvalue weighted by Gasteiger charge is 2.26. The predicted octanol–water partition coefficient (Wildman–Crippen LogP) is 2.31. The number of nitrogens with zero attached hydrogens (tertiary/aromatic N) is 3. The monoisotopic (exact) mass is 269 g/mol. The van der Waals surface area contributed by atoms with Gasteiger partial charge in [0.1, 0.15) is 5.56 Å². The summed E-state index contributed by atoms with van der Waals surface area (Å²) < 4.78 is 0. The maximum Gasteiger partial charge on any atom is 0.339 e. The van der Waals surface area contributed by atoms with E-state index in [0.29, 0.717) is 30.2 Å². The van der Waals surface area contributed by atoms with Gasteiger partial charge in [0.15, 0.2) is 5.82 Å². The third-order valence-corrected chi connectivity index (χ3v) is 3.79. The first-order valence-corrected chi connectivity index (χ1v) is 6.47. The Kier molecular flexibility index (Phi) is 2.89. The third-order valence-electron chi connectivity index (χ3n) is 3.79. The molecule has 0 spiro atoms. The number of hydrogen-bond donors (Lipinski definition) is 1. The summed E-state index contributed by atoms with van der Waals surface area (Å²) in [6, 6.07) is 8.10. The summed E-state index contributed by atoms with van der Waals surface area (Å²) in [7, 11) is 0. The number of hydrogen-bond acceptors (Lipinski definition) is 4. The molecule has 1 N–H and O–H groups in total. The Hall–Kier alpha value is -2.43. The minimum Gasteiger partial charge on any atom is -0.478 e. The molecule has 5 nitrogen and oxygen atoms in total. The molecule has 3 rings (SSSR count). The number of rotatable bonds is 2. The standard InChI is InChI=1S/C15H15N3O2/c1-9-10(2)16-17-14(13(9)15(19)20)18-7-11-5-3-4-6-12(11)8-18/h3-6H,7-8H2,1-2H3,(H,19,20). The highest BCUT2D eigenvalue weighted by molar-refractivity contribution is 5.95. The van der Waals surface area contributed by atoms with Gasteiger partial charge in [0.25, 0.3) is 0 Å². The van der Waals surface area contributed by atoms with Crippen molar-refractivity contribution in [3.63, 3.8) is 0 Å². The van der Waals surface area contributed by atoms with Gasteiger partial charge in [0.05, 0.1) is 5.69 Å². The molecule has 1 aromatic heterocycles. The van der Waals surface area contributed by atoms with E-state index in [0.717, 1.165) is 0 Å². The number of carboxylic acid groups (broad SMARTS) is 1. The van der Waals surface area contributed by atoms with E-state index >= 15 is 0 Å². The van der Waals surface area contributed by atoms with E-state index in [1.165, 1.54) is 11.1 Å². The lowest BCUT2D eigenvalue weighted by Crippen LogP contribution is -2.21. The van der Waals surface area contributed by atoms with Crippen molar-refractivity contribution in [1.29, 1.82) is 0 Å². The van der Waals surface area contributed by atoms with Crippen LogP contribution in [0.15, 0.2) is 24.3 Å². The van der Waals surface area contributed by atoms with Crippen LogP contribution in [0.2, 0.25) is 0 Å². The molecule has 0 radical (unpaired) electrons. The van der Waals surface area contributed by atoms with E-state index in [1.54, 1.807) is 13.8 Å². The van der Waals surface area contributed by atoms with Gasteiger partial charge >= 0.3 is 5.97 Å². The number of aromatic carboxylic acids is 1. The minimum absolute atomic E-state index is 0.255. The van der Waals surface area contributed by atoms with Crippen LogP contribution in [-0.4, -0.2) is 21.3 Å². The van der Waals surface area contributed by atoms with E-state index < -0.39 is 5.97 Å².